The van der Waals surface area contributed by atoms with E-state index in [1.807, 2.05) is 62.4 Å². The highest BCUT2D eigenvalue weighted by atomic mass is 32.2. The minimum absolute atomic E-state index is 0.248. The number of thioether (sulfide) groups is 1. The fourth-order valence-corrected chi connectivity index (χ4v) is 3.51. The van der Waals surface area contributed by atoms with Crippen LogP contribution in [0.5, 0.6) is 0 Å². The highest BCUT2D eigenvalue weighted by Crippen LogP contribution is 2.36. The molecule has 1 aromatic heterocycles. The van der Waals surface area contributed by atoms with Crippen molar-refractivity contribution < 1.29 is 14.0 Å². The highest BCUT2D eigenvalue weighted by molar-refractivity contribution is 8.00. The Hall–Kier alpha value is -3.13. The Morgan fingerprint density at radius 2 is 1.83 bits per heavy atom. The number of amides is 3. The van der Waals surface area contributed by atoms with Crippen molar-refractivity contribution in [3.63, 3.8) is 0 Å². The lowest BCUT2D eigenvalue weighted by Gasteiger charge is -2.14. The zero-order chi connectivity index (χ0) is 20.8. The third-order valence-corrected chi connectivity index (χ3v) is 5.38. The van der Waals surface area contributed by atoms with Gasteiger partial charge in [0.1, 0.15) is 5.25 Å². The summed E-state index contributed by atoms with van der Waals surface area (Å²) in [5.74, 6) is -0.0790. The summed E-state index contributed by atoms with van der Waals surface area (Å²) in [7, 11) is 0. The maximum absolute atomic E-state index is 12.7. The molecule has 0 aliphatic rings. The van der Waals surface area contributed by atoms with Gasteiger partial charge in [0.25, 0.3) is 5.22 Å². The average Bonchev–Trinajstić information content (AvgIpc) is 3.17. The number of benzene rings is 2. The van der Waals surface area contributed by atoms with Crippen LogP contribution in [-0.4, -0.2) is 28.7 Å². The van der Waals surface area contributed by atoms with E-state index >= 15 is 0 Å². The number of rotatable bonds is 6. The molecule has 0 saturated carbocycles. The Balaban J connectivity index is 1.82. The molecule has 29 heavy (non-hydrogen) atoms. The van der Waals surface area contributed by atoms with Gasteiger partial charge in [-0.15, -0.1) is 10.2 Å². The predicted octanol–water partition coefficient (Wildman–Crippen LogP) is 4.03. The number of carbonyl (C=O) groups is 2. The number of hydrogen-bond donors (Lipinski definition) is 2. The van der Waals surface area contributed by atoms with E-state index in [1.165, 1.54) is 5.56 Å². The number of nitrogens with zero attached hydrogens (tertiary/aromatic N) is 2. The van der Waals surface area contributed by atoms with Crippen molar-refractivity contribution >= 4 is 23.7 Å². The van der Waals surface area contributed by atoms with Gasteiger partial charge in [-0.2, -0.15) is 0 Å². The van der Waals surface area contributed by atoms with Gasteiger partial charge in [0.2, 0.25) is 11.8 Å². The van der Waals surface area contributed by atoms with Crippen molar-refractivity contribution in [2.24, 2.45) is 0 Å². The van der Waals surface area contributed by atoms with E-state index in [0.29, 0.717) is 12.4 Å². The second-order valence-electron chi connectivity index (χ2n) is 6.43. The number of nitrogens with one attached hydrogen (secondary N) is 2. The molecule has 0 bridgehead atoms. The molecule has 0 saturated heterocycles. The topological polar surface area (TPSA) is 97.1 Å². The van der Waals surface area contributed by atoms with Crippen LogP contribution in [-0.2, 0) is 4.79 Å². The molecule has 7 nitrogen and oxygen atoms in total. The molecule has 1 heterocycles. The van der Waals surface area contributed by atoms with Crippen LogP contribution in [0.2, 0.25) is 0 Å². The molecule has 3 aromatic rings. The predicted molar refractivity (Wildman–Crippen MR) is 111 cm³/mol. The number of imide groups is 1. The first kappa shape index (κ1) is 20.6. The molecule has 0 aliphatic carbocycles. The van der Waals surface area contributed by atoms with Crippen molar-refractivity contribution in [1.82, 2.24) is 20.8 Å². The molecule has 0 radical (unpaired) electrons. The highest BCUT2D eigenvalue weighted by Gasteiger charge is 2.26. The molecule has 2 N–H and O–H groups in total. The van der Waals surface area contributed by atoms with Gasteiger partial charge in [-0.25, -0.2) is 4.79 Å². The van der Waals surface area contributed by atoms with Crippen molar-refractivity contribution in [2.45, 2.75) is 31.2 Å². The lowest BCUT2D eigenvalue weighted by Crippen LogP contribution is -2.41. The Morgan fingerprint density at radius 1 is 1.07 bits per heavy atom. The van der Waals surface area contributed by atoms with Gasteiger partial charge in [0.15, 0.2) is 0 Å². The molecule has 3 rings (SSSR count). The van der Waals surface area contributed by atoms with Crippen LogP contribution in [0.15, 0.2) is 58.2 Å². The summed E-state index contributed by atoms with van der Waals surface area (Å²) in [4.78, 5) is 24.5. The van der Waals surface area contributed by atoms with Crippen molar-refractivity contribution in [3.05, 3.63) is 65.2 Å². The number of aryl methyl sites for hydroxylation is 2. The molecular formula is C21H22N4O3S. The minimum Gasteiger partial charge on any atom is -0.411 e. The fourth-order valence-electron chi connectivity index (χ4n) is 2.63. The van der Waals surface area contributed by atoms with Gasteiger partial charge in [-0.1, -0.05) is 36.4 Å². The quantitative estimate of drug-likeness (QED) is 0.596. The SMILES string of the molecule is CCNC(=O)NC(=O)[C@H](Sc1nnc(-c2ccc(C)c(C)c2)o1)c1ccccc1. The molecule has 150 valence electrons. The number of urea groups is 1. The van der Waals surface area contributed by atoms with Gasteiger partial charge in [0, 0.05) is 12.1 Å². The van der Waals surface area contributed by atoms with Gasteiger partial charge in [-0.3, -0.25) is 10.1 Å². The molecule has 0 fully saturated rings. The summed E-state index contributed by atoms with van der Waals surface area (Å²) in [6.07, 6.45) is 0. The van der Waals surface area contributed by atoms with Crippen molar-refractivity contribution in [3.8, 4) is 11.5 Å². The van der Waals surface area contributed by atoms with Gasteiger partial charge < -0.3 is 9.73 Å². The van der Waals surface area contributed by atoms with Crippen LogP contribution >= 0.6 is 11.8 Å². The number of aromatic nitrogens is 2. The Kier molecular flexibility index (Phi) is 6.66. The molecule has 1 atom stereocenters. The summed E-state index contributed by atoms with van der Waals surface area (Å²) >= 11 is 1.10. The first-order valence-corrected chi connectivity index (χ1v) is 10.1. The third-order valence-electron chi connectivity index (χ3n) is 4.29. The first-order valence-electron chi connectivity index (χ1n) is 9.19. The van der Waals surface area contributed by atoms with E-state index in [9.17, 15) is 9.59 Å². The van der Waals surface area contributed by atoms with E-state index in [2.05, 4.69) is 20.8 Å². The average molecular weight is 410 g/mol. The van der Waals surface area contributed by atoms with Crippen molar-refractivity contribution in [1.29, 1.82) is 0 Å². The molecule has 0 spiro atoms. The maximum Gasteiger partial charge on any atom is 0.321 e. The van der Waals surface area contributed by atoms with Crippen LogP contribution in [0.4, 0.5) is 4.79 Å². The van der Waals surface area contributed by atoms with E-state index in [-0.39, 0.29) is 5.22 Å². The van der Waals surface area contributed by atoms with E-state index in [4.69, 9.17) is 4.42 Å². The molecule has 0 unspecified atom stereocenters. The summed E-state index contributed by atoms with van der Waals surface area (Å²) in [6.45, 7) is 6.25. The molecule has 2 aromatic carbocycles. The molecule has 8 heteroatoms. The molecular weight excluding hydrogens is 388 g/mol. The Morgan fingerprint density at radius 3 is 2.52 bits per heavy atom. The Bertz CT molecular complexity index is 1000. The fraction of sp³-hybridized carbons (Fsp3) is 0.238. The van der Waals surface area contributed by atoms with E-state index < -0.39 is 17.2 Å². The zero-order valence-corrected chi connectivity index (χ0v) is 17.2. The monoisotopic (exact) mass is 410 g/mol. The Labute approximate surface area is 173 Å². The van der Waals surface area contributed by atoms with E-state index in [1.54, 1.807) is 6.92 Å². The lowest BCUT2D eigenvalue weighted by molar-refractivity contribution is -0.119. The van der Waals surface area contributed by atoms with Gasteiger partial charge in [0.05, 0.1) is 0 Å². The minimum atomic E-state index is -0.716. The molecule has 3 amide bonds. The third kappa shape index (κ3) is 5.23. The maximum atomic E-state index is 12.7. The largest absolute Gasteiger partial charge is 0.411 e. The summed E-state index contributed by atoms with van der Waals surface area (Å²) in [5, 5.41) is 12.6. The van der Waals surface area contributed by atoms with Crippen LogP contribution in [0, 0.1) is 13.8 Å². The van der Waals surface area contributed by atoms with Crippen molar-refractivity contribution in [2.75, 3.05) is 6.54 Å². The smallest absolute Gasteiger partial charge is 0.321 e. The van der Waals surface area contributed by atoms with Gasteiger partial charge >= 0.3 is 6.03 Å². The lowest BCUT2D eigenvalue weighted by atomic mass is 10.1. The number of hydrogen-bond acceptors (Lipinski definition) is 6. The standard InChI is InChI=1S/C21H22N4O3S/c1-4-22-20(27)23-18(26)17(15-8-6-5-7-9-15)29-21-25-24-19(28-21)16-11-10-13(2)14(3)12-16/h5-12,17H,4H2,1-3H3,(H2,22,23,26,27)/t17-/m1/s1. The van der Waals surface area contributed by atoms with Crippen LogP contribution in [0.1, 0.15) is 28.9 Å². The summed E-state index contributed by atoms with van der Waals surface area (Å²) < 4.78 is 5.78. The zero-order valence-electron chi connectivity index (χ0n) is 16.4. The van der Waals surface area contributed by atoms with Gasteiger partial charge in [-0.05, 0) is 61.4 Å². The summed E-state index contributed by atoms with van der Waals surface area (Å²) in [5.41, 5.74) is 3.84. The normalized spacial score (nSPS) is 11.7. The van der Waals surface area contributed by atoms with Crippen LogP contribution < -0.4 is 10.6 Å². The number of carbonyl (C=O) groups excluding carboxylic acids is 2. The van der Waals surface area contributed by atoms with E-state index in [0.717, 1.165) is 28.5 Å². The second-order valence-corrected chi connectivity index (χ2v) is 7.49. The molecule has 0 aliphatic heterocycles. The van der Waals surface area contributed by atoms with Crippen LogP contribution in [0.3, 0.4) is 0 Å². The first-order chi connectivity index (χ1) is 14.0. The second kappa shape index (κ2) is 9.38. The summed E-state index contributed by atoms with van der Waals surface area (Å²) in [6, 6.07) is 14.5. The van der Waals surface area contributed by atoms with Crippen LogP contribution in [0.25, 0.3) is 11.5 Å².